The molecule has 25 heavy (non-hydrogen) atoms. The molecule has 0 saturated carbocycles. The van der Waals surface area contributed by atoms with Gasteiger partial charge in [0, 0.05) is 5.69 Å². The molecule has 0 radical (unpaired) electrons. The fourth-order valence-corrected chi connectivity index (χ4v) is 3.02. The van der Waals surface area contributed by atoms with Gasteiger partial charge in [0.1, 0.15) is 0 Å². The molecular formula is C23H23NO. The Bertz CT molecular complexity index is 851. The molecule has 0 aromatic heterocycles. The van der Waals surface area contributed by atoms with E-state index in [9.17, 15) is 4.79 Å². The summed E-state index contributed by atoms with van der Waals surface area (Å²) in [6.07, 6.45) is 1.29. The number of hydrogen-bond acceptors (Lipinski definition) is 1. The highest BCUT2D eigenvalue weighted by Crippen LogP contribution is 2.22. The van der Waals surface area contributed by atoms with Crippen LogP contribution in [0.2, 0.25) is 0 Å². The predicted octanol–water partition coefficient (Wildman–Crippen LogP) is 5.41. The molecule has 0 bridgehead atoms. The first-order valence-electron chi connectivity index (χ1n) is 8.70. The molecule has 0 saturated heterocycles. The van der Waals surface area contributed by atoms with Gasteiger partial charge in [-0.15, -0.1) is 0 Å². The van der Waals surface area contributed by atoms with E-state index in [1.54, 1.807) is 0 Å². The molecule has 126 valence electrons. The van der Waals surface area contributed by atoms with Crippen molar-refractivity contribution in [3.8, 4) is 11.1 Å². The first kappa shape index (κ1) is 17.0. The molecule has 3 aromatic carbocycles. The zero-order chi connectivity index (χ0) is 17.6. The van der Waals surface area contributed by atoms with Crippen LogP contribution in [0.5, 0.6) is 0 Å². The van der Waals surface area contributed by atoms with Gasteiger partial charge in [0.25, 0.3) is 0 Å². The molecule has 3 rings (SSSR count). The van der Waals surface area contributed by atoms with E-state index >= 15 is 0 Å². The Hall–Kier alpha value is -2.87. The summed E-state index contributed by atoms with van der Waals surface area (Å²) in [5, 5.41) is 3.09. The first-order valence-corrected chi connectivity index (χ1v) is 8.70. The first-order chi connectivity index (χ1) is 12.2. The van der Waals surface area contributed by atoms with Crippen molar-refractivity contribution in [3.05, 3.63) is 89.5 Å². The largest absolute Gasteiger partial charge is 0.325 e. The van der Waals surface area contributed by atoms with Crippen molar-refractivity contribution in [1.29, 1.82) is 0 Å². The van der Waals surface area contributed by atoms with Crippen molar-refractivity contribution >= 4 is 11.6 Å². The molecule has 0 aliphatic heterocycles. The summed E-state index contributed by atoms with van der Waals surface area (Å²) in [5.74, 6) is 0.0245. The maximum Gasteiger partial charge on any atom is 0.228 e. The number of hydrogen-bond donors (Lipinski definition) is 1. The lowest BCUT2D eigenvalue weighted by Gasteiger charge is -2.13. The van der Waals surface area contributed by atoms with E-state index in [0.717, 1.165) is 28.8 Å². The maximum absolute atomic E-state index is 12.4. The number of carbonyl (C=O) groups excluding carboxylic acids is 1. The highest BCUT2D eigenvalue weighted by Gasteiger charge is 2.09. The fourth-order valence-electron chi connectivity index (χ4n) is 3.02. The smallest absolute Gasteiger partial charge is 0.228 e. The Morgan fingerprint density at radius 2 is 1.52 bits per heavy atom. The molecule has 0 aliphatic carbocycles. The molecule has 0 atom stereocenters. The van der Waals surface area contributed by atoms with Crippen LogP contribution in [0.3, 0.4) is 0 Å². The van der Waals surface area contributed by atoms with Crippen LogP contribution in [-0.4, -0.2) is 5.91 Å². The summed E-state index contributed by atoms with van der Waals surface area (Å²) in [5.41, 5.74) is 6.60. The molecular weight excluding hydrogens is 306 g/mol. The third-order valence-corrected chi connectivity index (χ3v) is 4.43. The molecule has 0 aliphatic rings. The van der Waals surface area contributed by atoms with Crippen molar-refractivity contribution < 1.29 is 4.79 Å². The minimum Gasteiger partial charge on any atom is -0.325 e. The van der Waals surface area contributed by atoms with Crippen LogP contribution in [0.25, 0.3) is 11.1 Å². The topological polar surface area (TPSA) is 29.1 Å². The number of para-hydroxylation sites is 1. The number of nitrogens with one attached hydrogen (secondary N) is 1. The lowest BCUT2D eigenvalue weighted by Crippen LogP contribution is -2.16. The van der Waals surface area contributed by atoms with Crippen molar-refractivity contribution in [2.75, 3.05) is 5.32 Å². The molecule has 1 N–H and O–H groups in total. The van der Waals surface area contributed by atoms with Crippen LogP contribution in [0.4, 0.5) is 5.69 Å². The van der Waals surface area contributed by atoms with Crippen LogP contribution >= 0.6 is 0 Å². The third kappa shape index (κ3) is 4.16. The monoisotopic (exact) mass is 329 g/mol. The predicted molar refractivity (Wildman–Crippen MR) is 105 cm³/mol. The second-order valence-corrected chi connectivity index (χ2v) is 6.25. The van der Waals surface area contributed by atoms with Gasteiger partial charge >= 0.3 is 0 Å². The Kier molecular flexibility index (Phi) is 5.30. The van der Waals surface area contributed by atoms with Crippen molar-refractivity contribution in [2.24, 2.45) is 0 Å². The number of aryl methyl sites for hydroxylation is 2. The van der Waals surface area contributed by atoms with Crippen LogP contribution in [0, 0.1) is 6.92 Å². The van der Waals surface area contributed by atoms with E-state index in [0.29, 0.717) is 6.42 Å². The molecule has 0 spiro atoms. The standard InChI is InChI=1S/C23H23NO/c1-3-19-11-7-8-17(2)23(19)24-22(25)16-18-12-14-21(15-13-18)20-9-5-4-6-10-20/h4-15H,3,16H2,1-2H3,(H,24,25). The van der Waals surface area contributed by atoms with E-state index in [4.69, 9.17) is 0 Å². The van der Waals surface area contributed by atoms with Crippen molar-refractivity contribution in [3.63, 3.8) is 0 Å². The minimum absolute atomic E-state index is 0.0245. The number of anilines is 1. The van der Waals surface area contributed by atoms with Gasteiger partial charge in [-0.2, -0.15) is 0 Å². The zero-order valence-corrected chi connectivity index (χ0v) is 14.8. The summed E-state index contributed by atoms with van der Waals surface area (Å²) < 4.78 is 0. The van der Waals surface area contributed by atoms with Gasteiger partial charge < -0.3 is 5.32 Å². The summed E-state index contributed by atoms with van der Waals surface area (Å²) in [7, 11) is 0. The molecule has 0 unspecified atom stereocenters. The number of benzene rings is 3. The fraction of sp³-hybridized carbons (Fsp3) is 0.174. The number of amides is 1. The highest BCUT2D eigenvalue weighted by molar-refractivity contribution is 5.93. The average Bonchev–Trinajstić information content (AvgIpc) is 2.65. The third-order valence-electron chi connectivity index (χ3n) is 4.43. The summed E-state index contributed by atoms with van der Waals surface area (Å²) in [4.78, 5) is 12.4. The lowest BCUT2D eigenvalue weighted by atomic mass is 10.0. The summed E-state index contributed by atoms with van der Waals surface area (Å²) >= 11 is 0. The van der Waals surface area contributed by atoms with E-state index < -0.39 is 0 Å². The highest BCUT2D eigenvalue weighted by atomic mass is 16.1. The van der Waals surface area contributed by atoms with Crippen LogP contribution in [-0.2, 0) is 17.6 Å². The quantitative estimate of drug-likeness (QED) is 0.666. The van der Waals surface area contributed by atoms with E-state index in [2.05, 4.69) is 42.6 Å². The van der Waals surface area contributed by atoms with Crippen molar-refractivity contribution in [1.82, 2.24) is 0 Å². The molecule has 2 nitrogen and oxygen atoms in total. The lowest BCUT2D eigenvalue weighted by molar-refractivity contribution is -0.115. The Balaban J connectivity index is 1.70. The second-order valence-electron chi connectivity index (χ2n) is 6.25. The maximum atomic E-state index is 12.4. The van der Waals surface area contributed by atoms with Gasteiger partial charge in [0.05, 0.1) is 6.42 Å². The molecule has 0 fully saturated rings. The van der Waals surface area contributed by atoms with Gasteiger partial charge in [-0.1, -0.05) is 79.7 Å². The normalized spacial score (nSPS) is 10.5. The SMILES string of the molecule is CCc1cccc(C)c1NC(=O)Cc1ccc(-c2ccccc2)cc1. The van der Waals surface area contributed by atoms with Crippen molar-refractivity contribution in [2.45, 2.75) is 26.7 Å². The van der Waals surface area contributed by atoms with Gasteiger partial charge in [0.15, 0.2) is 0 Å². The van der Waals surface area contributed by atoms with Gasteiger partial charge in [-0.05, 0) is 41.2 Å². The summed E-state index contributed by atoms with van der Waals surface area (Å²) in [6.45, 7) is 4.14. The second kappa shape index (κ2) is 7.80. The molecule has 3 aromatic rings. The van der Waals surface area contributed by atoms with Crippen LogP contribution < -0.4 is 5.32 Å². The Labute approximate surface area is 149 Å². The Morgan fingerprint density at radius 1 is 0.840 bits per heavy atom. The van der Waals surface area contributed by atoms with Gasteiger partial charge in [0.2, 0.25) is 5.91 Å². The molecule has 1 amide bonds. The van der Waals surface area contributed by atoms with E-state index in [1.807, 2.05) is 49.4 Å². The zero-order valence-electron chi connectivity index (χ0n) is 14.8. The van der Waals surface area contributed by atoms with E-state index in [-0.39, 0.29) is 5.91 Å². The van der Waals surface area contributed by atoms with Crippen LogP contribution in [0.15, 0.2) is 72.8 Å². The average molecular weight is 329 g/mol. The minimum atomic E-state index is 0.0245. The molecule has 2 heteroatoms. The number of carbonyl (C=O) groups is 1. The van der Waals surface area contributed by atoms with Gasteiger partial charge in [-0.25, -0.2) is 0 Å². The van der Waals surface area contributed by atoms with Crippen LogP contribution in [0.1, 0.15) is 23.6 Å². The van der Waals surface area contributed by atoms with Gasteiger partial charge in [-0.3, -0.25) is 4.79 Å². The molecule has 0 heterocycles. The van der Waals surface area contributed by atoms with E-state index in [1.165, 1.54) is 11.1 Å². The number of rotatable bonds is 5. The summed E-state index contributed by atoms with van der Waals surface area (Å²) in [6, 6.07) is 24.6. The Morgan fingerprint density at radius 3 is 2.20 bits per heavy atom.